The van der Waals surface area contributed by atoms with Gasteiger partial charge in [0.05, 0.1) is 28.7 Å². The third-order valence-corrected chi connectivity index (χ3v) is 5.98. The fourth-order valence-electron chi connectivity index (χ4n) is 2.58. The van der Waals surface area contributed by atoms with Gasteiger partial charge in [-0.1, -0.05) is 12.1 Å². The van der Waals surface area contributed by atoms with Crippen LogP contribution in [0.15, 0.2) is 41.6 Å². The number of hydrogen-bond donors (Lipinski definition) is 1. The second-order valence-electron chi connectivity index (χ2n) is 5.47. The van der Waals surface area contributed by atoms with E-state index in [0.717, 1.165) is 17.9 Å². The van der Waals surface area contributed by atoms with E-state index in [2.05, 4.69) is 10.4 Å². The van der Waals surface area contributed by atoms with Crippen LogP contribution in [0, 0.1) is 0 Å². The summed E-state index contributed by atoms with van der Waals surface area (Å²) in [5, 5.41) is 7.78. The van der Waals surface area contributed by atoms with Gasteiger partial charge in [-0.15, -0.1) is 0 Å². The van der Waals surface area contributed by atoms with E-state index in [1.165, 1.54) is 18.4 Å². The van der Waals surface area contributed by atoms with Gasteiger partial charge in [-0.3, -0.25) is 0 Å². The lowest BCUT2D eigenvalue weighted by Crippen LogP contribution is -2.25. The van der Waals surface area contributed by atoms with Crippen LogP contribution in [0.2, 0.25) is 0 Å². The summed E-state index contributed by atoms with van der Waals surface area (Å²) in [7, 11) is -3.28. The van der Waals surface area contributed by atoms with Gasteiger partial charge < -0.3 is 5.32 Å². The van der Waals surface area contributed by atoms with Crippen LogP contribution in [-0.2, 0) is 9.84 Å². The van der Waals surface area contributed by atoms with Gasteiger partial charge in [-0.2, -0.15) is 16.9 Å². The van der Waals surface area contributed by atoms with Gasteiger partial charge in [0.25, 0.3) is 0 Å². The number of para-hydroxylation sites is 1. The lowest BCUT2D eigenvalue weighted by Gasteiger charge is -2.22. The molecule has 1 aliphatic heterocycles. The van der Waals surface area contributed by atoms with Gasteiger partial charge >= 0.3 is 0 Å². The molecule has 0 amide bonds. The molecule has 1 aliphatic rings. The molecule has 2 aromatic rings. The van der Waals surface area contributed by atoms with Gasteiger partial charge in [-0.25, -0.2) is 13.1 Å². The molecule has 1 aromatic heterocycles. The van der Waals surface area contributed by atoms with Crippen molar-refractivity contribution in [2.75, 3.05) is 23.1 Å². The summed E-state index contributed by atoms with van der Waals surface area (Å²) in [5.41, 5.74) is 1.51. The van der Waals surface area contributed by atoms with E-state index in [1.54, 1.807) is 29.1 Å². The maximum absolute atomic E-state index is 11.9. The molecular weight excluding hydrogens is 318 g/mol. The molecule has 22 heavy (non-hydrogen) atoms. The van der Waals surface area contributed by atoms with Crippen molar-refractivity contribution in [3.8, 4) is 5.69 Å². The summed E-state index contributed by atoms with van der Waals surface area (Å²) in [6.45, 7) is 0. The van der Waals surface area contributed by atoms with Crippen LogP contribution in [0.1, 0.15) is 12.8 Å². The van der Waals surface area contributed by atoms with Crippen LogP contribution < -0.4 is 5.32 Å². The van der Waals surface area contributed by atoms with Crippen molar-refractivity contribution in [2.45, 2.75) is 23.8 Å². The van der Waals surface area contributed by atoms with Crippen LogP contribution in [0.3, 0.4) is 0 Å². The first-order valence-electron chi connectivity index (χ1n) is 7.22. The van der Waals surface area contributed by atoms with Crippen LogP contribution in [0.5, 0.6) is 0 Å². The highest BCUT2D eigenvalue weighted by molar-refractivity contribution is 7.99. The van der Waals surface area contributed by atoms with E-state index < -0.39 is 9.84 Å². The Bertz CT molecular complexity index is 750. The van der Waals surface area contributed by atoms with E-state index in [4.69, 9.17) is 0 Å². The summed E-state index contributed by atoms with van der Waals surface area (Å²) in [5.74, 6) is 2.34. The Morgan fingerprint density at radius 2 is 2.18 bits per heavy atom. The molecule has 3 rings (SSSR count). The first kappa shape index (κ1) is 15.4. The monoisotopic (exact) mass is 337 g/mol. The topological polar surface area (TPSA) is 64.0 Å². The van der Waals surface area contributed by atoms with Gasteiger partial charge in [0.1, 0.15) is 0 Å². The minimum absolute atomic E-state index is 0.290. The minimum atomic E-state index is -3.28. The number of aromatic nitrogens is 2. The van der Waals surface area contributed by atoms with Crippen molar-refractivity contribution in [3.63, 3.8) is 0 Å². The van der Waals surface area contributed by atoms with Crippen molar-refractivity contribution in [3.05, 3.63) is 36.7 Å². The van der Waals surface area contributed by atoms with Crippen LogP contribution >= 0.6 is 11.8 Å². The second kappa shape index (κ2) is 6.34. The number of nitrogens with one attached hydrogen (secondary N) is 1. The van der Waals surface area contributed by atoms with Crippen LogP contribution in [0.25, 0.3) is 5.69 Å². The molecule has 5 nitrogen and oxygen atoms in total. The zero-order valence-electron chi connectivity index (χ0n) is 12.4. The van der Waals surface area contributed by atoms with Gasteiger partial charge in [0.2, 0.25) is 0 Å². The smallest absolute Gasteiger partial charge is 0.177 e. The van der Waals surface area contributed by atoms with Crippen molar-refractivity contribution in [1.29, 1.82) is 0 Å². The molecule has 1 atom stereocenters. The van der Waals surface area contributed by atoms with E-state index >= 15 is 0 Å². The highest BCUT2D eigenvalue weighted by atomic mass is 32.2. The average molecular weight is 337 g/mol. The maximum atomic E-state index is 11.9. The molecule has 1 saturated heterocycles. The molecule has 1 N–H and O–H groups in total. The van der Waals surface area contributed by atoms with E-state index in [1.807, 2.05) is 24.0 Å². The predicted molar refractivity (Wildman–Crippen MR) is 90.6 cm³/mol. The Morgan fingerprint density at radius 3 is 2.91 bits per heavy atom. The summed E-state index contributed by atoms with van der Waals surface area (Å²) < 4.78 is 25.4. The number of thioether (sulfide) groups is 1. The molecule has 2 heterocycles. The molecule has 0 saturated carbocycles. The molecule has 0 radical (unpaired) electrons. The average Bonchev–Trinajstić information content (AvgIpc) is 2.96. The number of hydrogen-bond acceptors (Lipinski definition) is 5. The van der Waals surface area contributed by atoms with Crippen molar-refractivity contribution >= 4 is 27.3 Å². The molecule has 0 bridgehead atoms. The Hall–Kier alpha value is -1.47. The predicted octanol–water partition coefficient (Wildman–Crippen LogP) is 2.58. The maximum Gasteiger partial charge on any atom is 0.177 e. The fraction of sp³-hybridized carbons (Fsp3) is 0.400. The van der Waals surface area contributed by atoms with Crippen molar-refractivity contribution in [1.82, 2.24) is 9.78 Å². The molecule has 7 heteroatoms. The van der Waals surface area contributed by atoms with Crippen LogP contribution in [-0.4, -0.2) is 42.0 Å². The summed E-state index contributed by atoms with van der Waals surface area (Å²) >= 11 is 1.96. The van der Waals surface area contributed by atoms with E-state index in [0.29, 0.717) is 11.7 Å². The third kappa shape index (κ3) is 3.47. The molecular formula is C15H19N3O2S2. The third-order valence-electron chi connectivity index (χ3n) is 3.63. The number of nitrogens with zero attached hydrogens (tertiary/aromatic N) is 2. The quantitative estimate of drug-likeness (QED) is 0.929. The van der Waals surface area contributed by atoms with Gasteiger partial charge in [0.15, 0.2) is 9.84 Å². The summed E-state index contributed by atoms with van der Waals surface area (Å²) in [4.78, 5) is 0.290. The SMILES string of the molecule is CS(=O)(=O)c1ccccc1-n1cc(N[C@@H]2CCCSC2)cn1. The fourth-order valence-corrected chi connectivity index (χ4v) is 4.52. The number of sulfone groups is 1. The number of rotatable bonds is 4. The normalized spacial score (nSPS) is 19.0. The first-order valence-corrected chi connectivity index (χ1v) is 10.3. The highest BCUT2D eigenvalue weighted by Gasteiger charge is 2.17. The molecule has 118 valence electrons. The van der Waals surface area contributed by atoms with Gasteiger partial charge in [-0.05, 0) is 30.7 Å². The largest absolute Gasteiger partial charge is 0.379 e. The zero-order valence-corrected chi connectivity index (χ0v) is 14.0. The number of anilines is 1. The van der Waals surface area contributed by atoms with Gasteiger partial charge in [0, 0.05) is 18.1 Å². The molecule has 0 unspecified atom stereocenters. The van der Waals surface area contributed by atoms with Crippen molar-refractivity contribution < 1.29 is 8.42 Å². The second-order valence-corrected chi connectivity index (χ2v) is 8.61. The number of benzene rings is 1. The van der Waals surface area contributed by atoms with E-state index in [9.17, 15) is 8.42 Å². The zero-order chi connectivity index (χ0) is 15.6. The Balaban J connectivity index is 1.85. The Kier molecular flexibility index (Phi) is 4.44. The Morgan fingerprint density at radius 1 is 1.36 bits per heavy atom. The van der Waals surface area contributed by atoms with Crippen LogP contribution in [0.4, 0.5) is 5.69 Å². The molecule has 0 aliphatic carbocycles. The molecule has 1 fully saturated rings. The molecule has 1 aromatic carbocycles. The first-order chi connectivity index (χ1) is 10.5. The summed E-state index contributed by atoms with van der Waals surface area (Å²) in [6.07, 6.45) is 7.21. The lowest BCUT2D eigenvalue weighted by atomic mass is 10.2. The lowest BCUT2D eigenvalue weighted by molar-refractivity contribution is 0.600. The Labute approximate surface area is 135 Å². The van der Waals surface area contributed by atoms with Crippen molar-refractivity contribution in [2.24, 2.45) is 0 Å². The van der Waals surface area contributed by atoms with E-state index in [-0.39, 0.29) is 4.90 Å². The standard InChI is InChI=1S/C15H19N3O2S2/c1-22(19,20)15-7-3-2-6-14(15)18-10-13(9-16-18)17-12-5-4-8-21-11-12/h2-3,6-7,9-10,12,17H,4-5,8,11H2,1H3/t12-/m1/s1. The minimum Gasteiger partial charge on any atom is -0.379 e. The molecule has 0 spiro atoms. The highest BCUT2D eigenvalue weighted by Crippen LogP contribution is 2.23. The summed E-state index contributed by atoms with van der Waals surface area (Å²) in [6, 6.07) is 7.38.